The molecule has 1 aromatic heterocycles. The van der Waals surface area contributed by atoms with Crippen molar-refractivity contribution in [1.29, 1.82) is 5.26 Å². The molecule has 1 amide bonds. The van der Waals surface area contributed by atoms with Gasteiger partial charge in [0.25, 0.3) is 0 Å². The monoisotopic (exact) mass is 653 g/mol. The van der Waals surface area contributed by atoms with Crippen molar-refractivity contribution < 1.29 is 22.7 Å². The fourth-order valence-corrected chi connectivity index (χ4v) is 6.98. The van der Waals surface area contributed by atoms with E-state index in [1.54, 1.807) is 0 Å². The molecule has 242 valence electrons. The van der Waals surface area contributed by atoms with Crippen molar-refractivity contribution in [3.63, 3.8) is 0 Å². The number of halogens is 4. The van der Waals surface area contributed by atoms with Crippen LogP contribution in [0.15, 0.2) is 48.6 Å². The molecule has 2 fully saturated rings. The molecule has 0 spiro atoms. The van der Waals surface area contributed by atoms with Crippen LogP contribution in [0.1, 0.15) is 30.5 Å². The van der Waals surface area contributed by atoms with Crippen LogP contribution >= 0.6 is 11.6 Å². The van der Waals surface area contributed by atoms with Gasteiger partial charge in [0, 0.05) is 61.0 Å². The van der Waals surface area contributed by atoms with E-state index in [2.05, 4.69) is 29.0 Å². The average molecular weight is 654 g/mol. The van der Waals surface area contributed by atoms with Gasteiger partial charge in [-0.25, -0.2) is 0 Å². The smallest absolute Gasteiger partial charge is 0.409 e. The van der Waals surface area contributed by atoms with Gasteiger partial charge in [-0.3, -0.25) is 4.79 Å². The molecular weight excluding hydrogens is 619 g/mol. The molecule has 3 aliphatic heterocycles. The van der Waals surface area contributed by atoms with E-state index in [9.17, 15) is 23.2 Å². The maximum Gasteiger partial charge on any atom is 0.409 e. The minimum atomic E-state index is -4.60. The summed E-state index contributed by atoms with van der Waals surface area (Å²) in [4.78, 5) is 30.4. The Morgan fingerprint density at radius 2 is 1.91 bits per heavy atom. The van der Waals surface area contributed by atoms with E-state index in [4.69, 9.17) is 26.3 Å². The number of alkyl halides is 3. The third-order valence-corrected chi connectivity index (χ3v) is 9.39. The molecule has 3 aromatic rings. The van der Waals surface area contributed by atoms with E-state index in [1.165, 1.54) is 4.90 Å². The Morgan fingerprint density at radius 1 is 1.11 bits per heavy atom. The Labute approximate surface area is 270 Å². The van der Waals surface area contributed by atoms with Gasteiger partial charge < -0.3 is 24.3 Å². The Kier molecular flexibility index (Phi) is 9.25. The van der Waals surface area contributed by atoms with E-state index >= 15 is 0 Å². The van der Waals surface area contributed by atoms with Gasteiger partial charge in [-0.2, -0.15) is 28.4 Å². The van der Waals surface area contributed by atoms with Gasteiger partial charge in [0.2, 0.25) is 5.91 Å². The Hall–Kier alpha value is -4.08. The molecule has 0 N–H and O–H groups in total. The molecule has 4 heterocycles. The highest BCUT2D eigenvalue weighted by Crippen LogP contribution is 2.37. The quantitative estimate of drug-likeness (QED) is 0.315. The lowest BCUT2D eigenvalue weighted by atomic mass is 10.0. The van der Waals surface area contributed by atoms with E-state index in [1.807, 2.05) is 35.2 Å². The summed E-state index contributed by atoms with van der Waals surface area (Å²) in [6.07, 6.45) is -1.39. The van der Waals surface area contributed by atoms with Gasteiger partial charge in [-0.1, -0.05) is 35.9 Å². The van der Waals surface area contributed by atoms with E-state index in [0.717, 1.165) is 47.1 Å². The van der Waals surface area contributed by atoms with Crippen molar-refractivity contribution in [2.24, 2.45) is 0 Å². The maximum atomic E-state index is 12.8. The Balaban J connectivity index is 1.31. The lowest BCUT2D eigenvalue weighted by Crippen LogP contribution is -2.55. The number of rotatable bonds is 7. The van der Waals surface area contributed by atoms with E-state index < -0.39 is 18.1 Å². The fourth-order valence-electron chi connectivity index (χ4n) is 6.70. The summed E-state index contributed by atoms with van der Waals surface area (Å²) in [6.45, 7) is 3.37. The SMILES string of the molecule is CN1CCC[C@H]1COc1nc2c(c(N3CCN(C(=O)/C=C/C(F)(F)F)[C@@H](CC#N)C3)n1)CCN(c1cccc3cccc(Cl)c13)C2. The van der Waals surface area contributed by atoms with Crippen LogP contribution in [0.4, 0.5) is 24.7 Å². The summed E-state index contributed by atoms with van der Waals surface area (Å²) in [5.74, 6) is -0.0905. The summed E-state index contributed by atoms with van der Waals surface area (Å²) in [5, 5.41) is 12.2. The van der Waals surface area contributed by atoms with Gasteiger partial charge in [0.15, 0.2) is 0 Å². The normalized spacial score (nSPS) is 20.7. The third kappa shape index (κ3) is 6.86. The molecule has 2 saturated heterocycles. The number of likely N-dealkylation sites (N-methyl/N-ethyl adjacent to an activating group) is 1. The molecule has 9 nitrogen and oxygen atoms in total. The van der Waals surface area contributed by atoms with Crippen LogP contribution in [-0.4, -0.2) is 90.3 Å². The highest BCUT2D eigenvalue weighted by molar-refractivity contribution is 6.36. The van der Waals surface area contributed by atoms with Gasteiger partial charge in [-0.05, 0) is 50.4 Å². The number of hydrogen-bond acceptors (Lipinski definition) is 8. The fraction of sp³-hybridized carbons (Fsp3) is 0.455. The number of carbonyl (C=O) groups excluding carboxylic acids is 1. The summed E-state index contributed by atoms with van der Waals surface area (Å²) in [7, 11) is 2.08. The van der Waals surface area contributed by atoms with Crippen molar-refractivity contribution >= 4 is 39.8 Å². The van der Waals surface area contributed by atoms with Crippen LogP contribution in [0.3, 0.4) is 0 Å². The first-order valence-corrected chi connectivity index (χ1v) is 15.8. The number of nitriles is 1. The van der Waals surface area contributed by atoms with Crippen LogP contribution < -0.4 is 14.5 Å². The number of piperazine rings is 1. The molecule has 0 saturated carbocycles. The average Bonchev–Trinajstić information content (AvgIpc) is 3.46. The molecule has 2 atom stereocenters. The summed E-state index contributed by atoms with van der Waals surface area (Å²) in [5.41, 5.74) is 2.79. The zero-order chi connectivity index (χ0) is 32.4. The molecule has 3 aliphatic rings. The van der Waals surface area contributed by atoms with Gasteiger partial charge in [0.1, 0.15) is 12.4 Å². The zero-order valence-corrected chi connectivity index (χ0v) is 26.3. The second-order valence-corrected chi connectivity index (χ2v) is 12.4. The summed E-state index contributed by atoms with van der Waals surface area (Å²) < 4.78 is 44.5. The Morgan fingerprint density at radius 3 is 2.65 bits per heavy atom. The predicted molar refractivity (Wildman–Crippen MR) is 170 cm³/mol. The summed E-state index contributed by atoms with van der Waals surface area (Å²) >= 11 is 6.67. The topological polar surface area (TPSA) is 88.8 Å². The van der Waals surface area contributed by atoms with Crippen LogP contribution in [0.25, 0.3) is 10.8 Å². The molecule has 0 aliphatic carbocycles. The number of ether oxygens (including phenoxy) is 1. The van der Waals surface area contributed by atoms with Crippen molar-refractivity contribution in [1.82, 2.24) is 19.8 Å². The van der Waals surface area contributed by atoms with Crippen LogP contribution in [0.2, 0.25) is 5.02 Å². The Bertz CT molecular complexity index is 1670. The molecule has 0 radical (unpaired) electrons. The lowest BCUT2D eigenvalue weighted by Gasteiger charge is -2.42. The number of nitrogens with zero attached hydrogens (tertiary/aromatic N) is 7. The molecule has 0 unspecified atom stereocenters. The van der Waals surface area contributed by atoms with Crippen molar-refractivity contribution in [3.05, 3.63) is 64.8 Å². The molecular formula is C33H35ClF3N7O2. The lowest BCUT2D eigenvalue weighted by molar-refractivity contribution is -0.129. The third-order valence-electron chi connectivity index (χ3n) is 9.08. The van der Waals surface area contributed by atoms with Crippen molar-refractivity contribution in [2.75, 3.05) is 56.2 Å². The van der Waals surface area contributed by atoms with Crippen LogP contribution in [-0.2, 0) is 17.8 Å². The molecule has 13 heteroatoms. The van der Waals surface area contributed by atoms with Crippen LogP contribution in [0, 0.1) is 11.3 Å². The van der Waals surface area contributed by atoms with Crippen molar-refractivity contribution in [3.8, 4) is 12.1 Å². The first kappa shape index (κ1) is 31.9. The second-order valence-electron chi connectivity index (χ2n) is 12.0. The maximum absolute atomic E-state index is 12.8. The number of fused-ring (bicyclic) bond motifs is 2. The number of likely N-dealkylation sites (tertiary alicyclic amines) is 1. The van der Waals surface area contributed by atoms with Gasteiger partial charge >= 0.3 is 12.2 Å². The minimum Gasteiger partial charge on any atom is -0.462 e. The van der Waals surface area contributed by atoms with Gasteiger partial charge in [0.05, 0.1) is 35.8 Å². The minimum absolute atomic E-state index is 0.0254. The number of allylic oxidation sites excluding steroid dienone is 1. The molecule has 2 aromatic carbocycles. The van der Waals surface area contributed by atoms with E-state index in [-0.39, 0.29) is 37.6 Å². The highest BCUT2D eigenvalue weighted by atomic mass is 35.5. The molecule has 6 rings (SSSR count). The molecule has 0 bridgehead atoms. The highest BCUT2D eigenvalue weighted by Gasteiger charge is 2.34. The first-order valence-electron chi connectivity index (χ1n) is 15.4. The summed E-state index contributed by atoms with van der Waals surface area (Å²) in [6, 6.07) is 14.0. The number of hydrogen-bond donors (Lipinski definition) is 0. The standard InChI is InChI=1S/C33H35ClF3N7O2/c1-41-15-4-7-24(41)21-46-32-39-27-20-42(28-9-3-6-22-5-2-8-26(34)30(22)28)16-12-25(27)31(40-32)43-17-18-44(23(19-43)11-14-38)29(45)10-13-33(35,36)37/h2-3,5-6,8-10,13,23-24H,4,7,11-12,15-21H2,1H3/b13-10+/t23-,24-/m0/s1. The first-order chi connectivity index (χ1) is 22.1. The zero-order valence-electron chi connectivity index (χ0n) is 25.5. The largest absolute Gasteiger partial charge is 0.462 e. The van der Waals surface area contributed by atoms with Crippen LogP contribution in [0.5, 0.6) is 6.01 Å². The predicted octanol–water partition coefficient (Wildman–Crippen LogP) is 5.37. The number of carbonyl (C=O) groups is 1. The van der Waals surface area contributed by atoms with E-state index in [0.29, 0.717) is 49.6 Å². The number of amides is 1. The number of benzene rings is 2. The van der Waals surface area contributed by atoms with Gasteiger partial charge in [-0.15, -0.1) is 0 Å². The number of anilines is 2. The molecule has 46 heavy (non-hydrogen) atoms. The van der Waals surface area contributed by atoms with Crippen molar-refractivity contribution in [2.45, 2.75) is 50.5 Å². The second kappa shape index (κ2) is 13.3. The number of aromatic nitrogens is 2.